The minimum Gasteiger partial charge on any atom is -0.495 e. The lowest BCUT2D eigenvalue weighted by molar-refractivity contribution is 0.102. The van der Waals surface area contributed by atoms with Crippen molar-refractivity contribution in [2.24, 2.45) is 0 Å². The Morgan fingerprint density at radius 2 is 1.96 bits per heavy atom. The van der Waals surface area contributed by atoms with Gasteiger partial charge in [-0.15, -0.1) is 0 Å². The number of nitrogens with one attached hydrogen (secondary N) is 2. The highest BCUT2D eigenvalue weighted by molar-refractivity contribution is 9.10. The molecule has 0 heterocycles. The summed E-state index contributed by atoms with van der Waals surface area (Å²) in [6.07, 6.45) is 1.62. The Hall–Kier alpha value is -1.97. The molecule has 0 saturated heterocycles. The summed E-state index contributed by atoms with van der Waals surface area (Å²) in [6, 6.07) is 7.86. The van der Waals surface area contributed by atoms with E-state index in [0.29, 0.717) is 4.47 Å². The molecule has 2 aromatic rings. The number of benzene rings is 2. The van der Waals surface area contributed by atoms with Crippen molar-refractivity contribution >= 4 is 37.5 Å². The Labute approximate surface area is 158 Å². The highest BCUT2D eigenvalue weighted by atomic mass is 79.9. The molecule has 2 N–H and O–H groups in total. The van der Waals surface area contributed by atoms with Gasteiger partial charge in [0, 0.05) is 10.5 Å². The number of ether oxygens (including phenoxy) is 1. The van der Waals surface area contributed by atoms with Gasteiger partial charge in [0.15, 0.2) is 0 Å². The molecule has 1 saturated carbocycles. The van der Waals surface area contributed by atoms with Crippen LogP contribution in [0.25, 0.3) is 0 Å². The summed E-state index contributed by atoms with van der Waals surface area (Å²) in [5.41, 5.74) is 0.253. The van der Waals surface area contributed by atoms with Gasteiger partial charge in [0.05, 0.1) is 23.3 Å². The molecule has 1 aliphatic rings. The van der Waals surface area contributed by atoms with Gasteiger partial charge in [-0.2, -0.15) is 0 Å². The van der Waals surface area contributed by atoms with Crippen LogP contribution >= 0.6 is 15.9 Å². The molecule has 1 fully saturated rings. The Kier molecular flexibility index (Phi) is 5.31. The minimum absolute atomic E-state index is 0.0128. The van der Waals surface area contributed by atoms with Gasteiger partial charge in [-0.05, 0) is 65.2 Å². The Morgan fingerprint density at radius 3 is 2.62 bits per heavy atom. The van der Waals surface area contributed by atoms with Crippen molar-refractivity contribution in [1.82, 2.24) is 4.72 Å². The first-order valence-corrected chi connectivity index (χ1v) is 10.0. The lowest BCUT2D eigenvalue weighted by Gasteiger charge is -2.13. The number of halogens is 2. The summed E-state index contributed by atoms with van der Waals surface area (Å²) in [7, 11) is -2.28. The van der Waals surface area contributed by atoms with Crippen molar-refractivity contribution in [3.05, 3.63) is 52.3 Å². The van der Waals surface area contributed by atoms with Crippen molar-refractivity contribution in [3.63, 3.8) is 0 Å². The molecule has 1 aliphatic carbocycles. The van der Waals surface area contributed by atoms with Gasteiger partial charge in [0.2, 0.25) is 10.0 Å². The number of sulfonamides is 1. The van der Waals surface area contributed by atoms with E-state index in [0.717, 1.165) is 18.9 Å². The van der Waals surface area contributed by atoms with E-state index in [9.17, 15) is 17.6 Å². The van der Waals surface area contributed by atoms with Crippen molar-refractivity contribution in [3.8, 4) is 5.75 Å². The summed E-state index contributed by atoms with van der Waals surface area (Å²) in [5, 5.41) is 2.57. The smallest absolute Gasteiger partial charge is 0.257 e. The molecular weight excluding hydrogens is 427 g/mol. The van der Waals surface area contributed by atoms with Gasteiger partial charge in [-0.1, -0.05) is 0 Å². The third kappa shape index (κ3) is 4.22. The molecule has 2 aromatic carbocycles. The molecule has 0 aromatic heterocycles. The fourth-order valence-corrected chi connectivity index (χ4v) is 4.06. The first-order valence-electron chi connectivity index (χ1n) is 7.77. The van der Waals surface area contributed by atoms with Crippen molar-refractivity contribution in [1.29, 1.82) is 0 Å². The largest absolute Gasteiger partial charge is 0.495 e. The molecule has 9 heteroatoms. The monoisotopic (exact) mass is 442 g/mol. The van der Waals surface area contributed by atoms with Crippen LogP contribution in [0.4, 0.5) is 10.1 Å². The molecule has 26 heavy (non-hydrogen) atoms. The van der Waals surface area contributed by atoms with E-state index >= 15 is 0 Å². The van der Waals surface area contributed by atoms with Gasteiger partial charge < -0.3 is 10.1 Å². The molecular formula is C17H16BrFN2O4S. The Bertz CT molecular complexity index is 961. The maximum atomic E-state index is 13.4. The third-order valence-corrected chi connectivity index (χ3v) is 6.01. The van der Waals surface area contributed by atoms with Gasteiger partial charge in [-0.25, -0.2) is 17.5 Å². The number of carbonyl (C=O) groups is 1. The van der Waals surface area contributed by atoms with Crippen LogP contribution < -0.4 is 14.8 Å². The lowest BCUT2D eigenvalue weighted by Crippen LogP contribution is -2.26. The third-order valence-electron chi connectivity index (χ3n) is 3.80. The average molecular weight is 443 g/mol. The molecule has 0 spiro atoms. The van der Waals surface area contributed by atoms with Crippen LogP contribution in [0.3, 0.4) is 0 Å². The average Bonchev–Trinajstić information content (AvgIpc) is 3.40. The molecule has 138 valence electrons. The van der Waals surface area contributed by atoms with Gasteiger partial charge >= 0.3 is 0 Å². The second kappa shape index (κ2) is 7.34. The second-order valence-corrected chi connectivity index (χ2v) is 8.40. The second-order valence-electron chi connectivity index (χ2n) is 5.84. The van der Waals surface area contributed by atoms with Gasteiger partial charge in [0.1, 0.15) is 11.6 Å². The predicted octanol–water partition coefficient (Wildman–Crippen LogP) is 3.29. The molecule has 0 atom stereocenters. The maximum absolute atomic E-state index is 13.4. The van der Waals surface area contributed by atoms with E-state index in [-0.39, 0.29) is 27.9 Å². The molecule has 1 amide bonds. The Balaban J connectivity index is 1.91. The van der Waals surface area contributed by atoms with E-state index in [2.05, 4.69) is 26.0 Å². The summed E-state index contributed by atoms with van der Waals surface area (Å²) in [5.74, 6) is -0.870. The topological polar surface area (TPSA) is 84.5 Å². The molecule has 6 nitrogen and oxygen atoms in total. The fraction of sp³-hybridized carbons (Fsp3) is 0.235. The first kappa shape index (κ1) is 18.8. The molecule has 0 unspecified atom stereocenters. The summed E-state index contributed by atoms with van der Waals surface area (Å²) < 4.78 is 46.3. The first-order chi connectivity index (χ1) is 12.3. The molecule has 0 bridgehead atoms. The van der Waals surface area contributed by atoms with E-state index in [1.165, 1.54) is 37.4 Å². The number of carbonyl (C=O) groups excluding carboxylic acids is 1. The molecule has 0 radical (unpaired) electrons. The zero-order valence-electron chi connectivity index (χ0n) is 13.8. The van der Waals surface area contributed by atoms with E-state index in [1.807, 2.05) is 0 Å². The quantitative estimate of drug-likeness (QED) is 0.718. The van der Waals surface area contributed by atoms with Crippen LogP contribution in [0.1, 0.15) is 23.2 Å². The van der Waals surface area contributed by atoms with Crippen LogP contribution in [0.15, 0.2) is 45.8 Å². The van der Waals surface area contributed by atoms with Gasteiger partial charge in [-0.3, -0.25) is 4.79 Å². The number of amides is 1. The fourth-order valence-electron chi connectivity index (χ4n) is 2.30. The maximum Gasteiger partial charge on any atom is 0.257 e. The molecule has 0 aliphatic heterocycles. The number of anilines is 1. The summed E-state index contributed by atoms with van der Waals surface area (Å²) in [6.45, 7) is 0. The lowest BCUT2D eigenvalue weighted by atomic mass is 10.2. The highest BCUT2D eigenvalue weighted by Crippen LogP contribution is 2.30. The van der Waals surface area contributed by atoms with Gasteiger partial charge in [0.25, 0.3) is 5.91 Å². The van der Waals surface area contributed by atoms with E-state index < -0.39 is 21.7 Å². The van der Waals surface area contributed by atoms with Crippen LogP contribution in [-0.4, -0.2) is 27.5 Å². The Morgan fingerprint density at radius 1 is 1.23 bits per heavy atom. The number of rotatable bonds is 6. The molecule has 3 rings (SSSR count). The number of hydrogen-bond donors (Lipinski definition) is 2. The van der Waals surface area contributed by atoms with Crippen molar-refractivity contribution in [2.45, 2.75) is 23.8 Å². The van der Waals surface area contributed by atoms with Crippen LogP contribution in [-0.2, 0) is 10.0 Å². The summed E-state index contributed by atoms with van der Waals surface area (Å²) >= 11 is 3.20. The summed E-state index contributed by atoms with van der Waals surface area (Å²) in [4.78, 5) is 12.5. The van der Waals surface area contributed by atoms with E-state index in [1.54, 1.807) is 0 Å². The normalized spacial score (nSPS) is 14.1. The number of hydrogen-bond acceptors (Lipinski definition) is 4. The SMILES string of the molecule is COc1ccc(S(=O)(=O)NC2CC2)cc1NC(=O)c1cc(F)ccc1Br. The van der Waals surface area contributed by atoms with Crippen LogP contribution in [0, 0.1) is 5.82 Å². The van der Waals surface area contributed by atoms with E-state index in [4.69, 9.17) is 4.74 Å². The van der Waals surface area contributed by atoms with Crippen molar-refractivity contribution in [2.75, 3.05) is 12.4 Å². The highest BCUT2D eigenvalue weighted by Gasteiger charge is 2.28. The van der Waals surface area contributed by atoms with Crippen LogP contribution in [0.2, 0.25) is 0 Å². The number of methoxy groups -OCH3 is 1. The predicted molar refractivity (Wildman–Crippen MR) is 98.4 cm³/mol. The van der Waals surface area contributed by atoms with Crippen LogP contribution in [0.5, 0.6) is 5.75 Å². The minimum atomic E-state index is -3.69. The zero-order valence-corrected chi connectivity index (χ0v) is 16.2. The standard InChI is InChI=1S/C17H16BrFN2O4S/c1-25-16-7-5-12(26(23,24)21-11-3-4-11)9-15(16)20-17(22)13-8-10(19)2-6-14(13)18/h2,5-9,11,21H,3-4H2,1H3,(H,20,22). The van der Waals surface area contributed by atoms with Crippen molar-refractivity contribution < 1.29 is 22.3 Å². The zero-order chi connectivity index (χ0) is 18.9.